The van der Waals surface area contributed by atoms with E-state index in [1.165, 1.54) is 11.1 Å². The van der Waals surface area contributed by atoms with Gasteiger partial charge in [0.25, 0.3) is 0 Å². The number of carbonyl (C=O) groups excluding carboxylic acids is 2. The van der Waals surface area contributed by atoms with Crippen LogP contribution >= 0.6 is 0 Å². The van der Waals surface area contributed by atoms with Crippen molar-refractivity contribution in [2.75, 3.05) is 12.3 Å². The van der Waals surface area contributed by atoms with Gasteiger partial charge in [-0.1, -0.05) is 37.3 Å². The topological polar surface area (TPSA) is 114 Å². The fourth-order valence-corrected chi connectivity index (χ4v) is 4.15. The highest BCUT2D eigenvalue weighted by Crippen LogP contribution is 2.33. The van der Waals surface area contributed by atoms with Gasteiger partial charge in [0, 0.05) is 18.8 Å². The molecule has 1 aliphatic heterocycles. The molecule has 7 nitrogen and oxygen atoms in total. The molecule has 2 heterocycles. The van der Waals surface area contributed by atoms with E-state index in [9.17, 15) is 9.59 Å². The van der Waals surface area contributed by atoms with Crippen LogP contribution in [0.4, 0.5) is 5.82 Å². The van der Waals surface area contributed by atoms with Gasteiger partial charge in [-0.25, -0.2) is 4.98 Å². The molecule has 0 bridgehead atoms. The van der Waals surface area contributed by atoms with Crippen LogP contribution in [0.15, 0.2) is 36.4 Å². The molecule has 2 amide bonds. The molecule has 1 fully saturated rings. The number of hydrogen-bond acceptors (Lipinski definition) is 5. The number of aromatic nitrogens is 1. The highest BCUT2D eigenvalue weighted by molar-refractivity contribution is 5.84. The van der Waals surface area contributed by atoms with Crippen molar-refractivity contribution >= 4 is 17.6 Å². The van der Waals surface area contributed by atoms with Crippen LogP contribution in [0, 0.1) is 6.92 Å². The first kappa shape index (κ1) is 21.8. The van der Waals surface area contributed by atoms with E-state index < -0.39 is 12.1 Å². The maximum absolute atomic E-state index is 12.8. The number of nitrogen functional groups attached to an aromatic ring is 1. The number of hydrogen-bond donors (Lipinski definition) is 3. The molecule has 3 rings (SSSR count). The standard InChI is InChI=1S/C23H31N5O2/c1-4-16-6-5-7-17(10-16)19-11-20(22(25)29)28(13-19)15(3)23(30)26-12-18-8-9-21(24)27-14(18)2/h5-10,15,19-20H,4,11-13H2,1-3H3,(H2,24,27)(H2,25,29)(H,26,30)/t15-,19?,20?/m0/s1. The maximum atomic E-state index is 12.8. The Morgan fingerprint density at radius 2 is 2.07 bits per heavy atom. The number of nitrogens with one attached hydrogen (secondary N) is 1. The molecule has 5 N–H and O–H groups in total. The van der Waals surface area contributed by atoms with Crippen LogP contribution < -0.4 is 16.8 Å². The molecule has 0 aliphatic carbocycles. The third-order valence-electron chi connectivity index (χ3n) is 6.05. The Balaban J connectivity index is 1.70. The number of amides is 2. The number of nitrogens with zero attached hydrogens (tertiary/aromatic N) is 2. The van der Waals surface area contributed by atoms with Gasteiger partial charge in [-0.3, -0.25) is 14.5 Å². The Bertz CT molecular complexity index is 930. The van der Waals surface area contributed by atoms with E-state index in [0.29, 0.717) is 25.3 Å². The molecule has 1 saturated heterocycles. The molecule has 0 saturated carbocycles. The van der Waals surface area contributed by atoms with Gasteiger partial charge in [-0.2, -0.15) is 0 Å². The summed E-state index contributed by atoms with van der Waals surface area (Å²) in [6, 6.07) is 11.1. The van der Waals surface area contributed by atoms with Crippen LogP contribution in [0.3, 0.4) is 0 Å². The van der Waals surface area contributed by atoms with Gasteiger partial charge in [0.2, 0.25) is 11.8 Å². The van der Waals surface area contributed by atoms with Gasteiger partial charge in [-0.15, -0.1) is 0 Å². The fraction of sp³-hybridized carbons (Fsp3) is 0.435. The summed E-state index contributed by atoms with van der Waals surface area (Å²) in [4.78, 5) is 31.1. The number of benzene rings is 1. The molecule has 0 radical (unpaired) electrons. The average molecular weight is 410 g/mol. The molecule has 30 heavy (non-hydrogen) atoms. The predicted octanol–water partition coefficient (Wildman–Crippen LogP) is 1.88. The highest BCUT2D eigenvalue weighted by atomic mass is 16.2. The maximum Gasteiger partial charge on any atom is 0.237 e. The molecular formula is C23H31N5O2. The number of primary amides is 1. The van der Waals surface area contributed by atoms with E-state index in [1.54, 1.807) is 6.07 Å². The molecule has 1 aromatic heterocycles. The summed E-state index contributed by atoms with van der Waals surface area (Å²) in [5, 5.41) is 2.95. The second kappa shape index (κ2) is 9.26. The van der Waals surface area contributed by atoms with Crippen LogP contribution in [0.5, 0.6) is 0 Å². The summed E-state index contributed by atoms with van der Waals surface area (Å²) >= 11 is 0. The summed E-state index contributed by atoms with van der Waals surface area (Å²) in [7, 11) is 0. The minimum absolute atomic E-state index is 0.138. The Labute approximate surface area is 177 Å². The van der Waals surface area contributed by atoms with Gasteiger partial charge >= 0.3 is 0 Å². The lowest BCUT2D eigenvalue weighted by molar-refractivity contribution is -0.129. The summed E-state index contributed by atoms with van der Waals surface area (Å²) in [6.45, 7) is 6.79. The molecule has 7 heteroatoms. The van der Waals surface area contributed by atoms with Crippen LogP contribution in [0.2, 0.25) is 0 Å². The first-order valence-electron chi connectivity index (χ1n) is 10.4. The van der Waals surface area contributed by atoms with E-state index in [4.69, 9.17) is 11.5 Å². The smallest absolute Gasteiger partial charge is 0.237 e. The van der Waals surface area contributed by atoms with Crippen LogP contribution in [0.1, 0.15) is 48.6 Å². The highest BCUT2D eigenvalue weighted by Gasteiger charge is 2.40. The van der Waals surface area contributed by atoms with Gasteiger partial charge in [0.1, 0.15) is 5.82 Å². The zero-order valence-electron chi connectivity index (χ0n) is 17.9. The van der Waals surface area contributed by atoms with Crippen LogP contribution in [-0.2, 0) is 22.6 Å². The van der Waals surface area contributed by atoms with Crippen molar-refractivity contribution < 1.29 is 9.59 Å². The summed E-state index contributed by atoms with van der Waals surface area (Å²) in [5.41, 5.74) is 15.5. The van der Waals surface area contributed by atoms with Gasteiger partial charge < -0.3 is 16.8 Å². The van der Waals surface area contributed by atoms with Crippen LogP contribution in [0.25, 0.3) is 0 Å². The molecule has 1 aliphatic rings. The van der Waals surface area contributed by atoms with E-state index >= 15 is 0 Å². The van der Waals surface area contributed by atoms with Crippen molar-refractivity contribution in [3.63, 3.8) is 0 Å². The Morgan fingerprint density at radius 1 is 1.30 bits per heavy atom. The summed E-state index contributed by atoms with van der Waals surface area (Å²) in [6.07, 6.45) is 1.59. The third-order valence-corrected chi connectivity index (χ3v) is 6.05. The monoisotopic (exact) mass is 409 g/mol. The minimum Gasteiger partial charge on any atom is -0.384 e. The summed E-state index contributed by atoms with van der Waals surface area (Å²) < 4.78 is 0. The zero-order valence-corrected chi connectivity index (χ0v) is 17.9. The largest absolute Gasteiger partial charge is 0.384 e. The van der Waals surface area contributed by atoms with Gasteiger partial charge in [0.15, 0.2) is 0 Å². The first-order valence-corrected chi connectivity index (χ1v) is 10.4. The van der Waals surface area contributed by atoms with E-state index in [1.807, 2.05) is 24.8 Å². The molecule has 1 aromatic carbocycles. The summed E-state index contributed by atoms with van der Waals surface area (Å²) in [5.74, 6) is 0.103. The Hall–Kier alpha value is -2.93. The number of carbonyl (C=O) groups is 2. The van der Waals surface area contributed by atoms with E-state index in [0.717, 1.165) is 17.7 Å². The van der Waals surface area contributed by atoms with Crippen molar-refractivity contribution in [3.05, 3.63) is 58.8 Å². The van der Waals surface area contributed by atoms with Gasteiger partial charge in [0.05, 0.1) is 12.1 Å². The zero-order chi connectivity index (χ0) is 21.8. The lowest BCUT2D eigenvalue weighted by Gasteiger charge is -2.28. The second-order valence-corrected chi connectivity index (χ2v) is 8.02. The molecule has 3 atom stereocenters. The van der Waals surface area contributed by atoms with Gasteiger partial charge in [-0.05, 0) is 55.4 Å². The molecular weight excluding hydrogens is 378 g/mol. The SMILES string of the molecule is CCc1cccc(C2CC(C(N)=O)N([C@@H](C)C(=O)NCc3ccc(N)nc3C)C2)c1. The van der Waals surface area contributed by atoms with Crippen LogP contribution in [-0.4, -0.2) is 40.3 Å². The van der Waals surface area contributed by atoms with E-state index in [-0.39, 0.29) is 17.7 Å². The van der Waals surface area contributed by atoms with Crippen molar-refractivity contribution in [3.8, 4) is 0 Å². The molecule has 2 unspecified atom stereocenters. The fourth-order valence-electron chi connectivity index (χ4n) is 4.15. The quantitative estimate of drug-likeness (QED) is 0.646. The lowest BCUT2D eigenvalue weighted by atomic mass is 9.94. The number of rotatable bonds is 7. The lowest BCUT2D eigenvalue weighted by Crippen LogP contribution is -2.51. The second-order valence-electron chi connectivity index (χ2n) is 8.02. The number of likely N-dealkylation sites (tertiary alicyclic amines) is 1. The first-order chi connectivity index (χ1) is 14.3. The number of pyridine rings is 1. The normalized spacial score (nSPS) is 20.1. The van der Waals surface area contributed by atoms with E-state index in [2.05, 4.69) is 41.5 Å². The molecule has 160 valence electrons. The van der Waals surface area contributed by atoms with Crippen molar-refractivity contribution in [2.24, 2.45) is 5.73 Å². The third kappa shape index (κ3) is 4.79. The van der Waals surface area contributed by atoms with Crippen molar-refractivity contribution in [2.45, 2.75) is 58.2 Å². The molecule has 2 aromatic rings. The number of anilines is 1. The van der Waals surface area contributed by atoms with Crippen molar-refractivity contribution in [1.82, 2.24) is 15.2 Å². The Morgan fingerprint density at radius 3 is 2.73 bits per heavy atom. The van der Waals surface area contributed by atoms with Crippen molar-refractivity contribution in [1.29, 1.82) is 0 Å². The number of nitrogens with two attached hydrogens (primary N) is 2. The predicted molar refractivity (Wildman–Crippen MR) is 118 cm³/mol. The molecule has 0 spiro atoms. The average Bonchev–Trinajstić information content (AvgIpc) is 3.18. The minimum atomic E-state index is -0.469. The number of aryl methyl sites for hydroxylation is 2. The Kier molecular flexibility index (Phi) is 6.72.